The Kier molecular flexibility index (Phi) is 6.93. The van der Waals surface area contributed by atoms with E-state index >= 15 is 0 Å². The minimum absolute atomic E-state index is 0.175. The van der Waals surface area contributed by atoms with Crippen LogP contribution in [0.1, 0.15) is 43.2 Å². The molecule has 0 unspecified atom stereocenters. The van der Waals surface area contributed by atoms with E-state index in [9.17, 15) is 9.59 Å². The molecular weight excluding hydrogens is 466 g/mol. The van der Waals surface area contributed by atoms with Gasteiger partial charge in [0.2, 0.25) is 0 Å². The van der Waals surface area contributed by atoms with E-state index in [2.05, 4.69) is 0 Å². The van der Waals surface area contributed by atoms with E-state index in [1.165, 1.54) is 24.2 Å². The van der Waals surface area contributed by atoms with Gasteiger partial charge in [0, 0.05) is 17.1 Å². The highest BCUT2D eigenvalue weighted by atomic mass is 35.5. The Morgan fingerprint density at radius 2 is 1.74 bits per heavy atom. The molecule has 6 heteroatoms. The average Bonchev–Trinajstić information content (AvgIpc) is 3.12. The molecule has 34 heavy (non-hydrogen) atoms. The Morgan fingerprint density at radius 1 is 0.971 bits per heavy atom. The first-order valence-corrected chi connectivity index (χ1v) is 12.9. The molecule has 0 N–H and O–H groups in total. The van der Waals surface area contributed by atoms with Gasteiger partial charge in [-0.25, -0.2) is 0 Å². The molecule has 0 aromatic heterocycles. The number of hydrogen-bond acceptors (Lipinski definition) is 4. The molecule has 5 rings (SSSR count). The second-order valence-electron chi connectivity index (χ2n) is 8.91. The molecule has 174 valence electrons. The minimum atomic E-state index is -0.197. The van der Waals surface area contributed by atoms with E-state index in [0.29, 0.717) is 34.7 Å². The predicted molar refractivity (Wildman–Crippen MR) is 139 cm³/mol. The molecule has 0 spiro atoms. The van der Waals surface area contributed by atoms with Gasteiger partial charge in [-0.2, -0.15) is 0 Å². The average molecular weight is 492 g/mol. The molecule has 1 heterocycles. The lowest BCUT2D eigenvalue weighted by molar-refractivity contribution is -0.123. The maximum atomic E-state index is 13.2. The Bertz CT molecular complexity index is 1250. The van der Waals surface area contributed by atoms with Crippen molar-refractivity contribution in [2.24, 2.45) is 5.92 Å². The summed E-state index contributed by atoms with van der Waals surface area (Å²) in [4.78, 5) is 27.8. The first kappa shape index (κ1) is 23.0. The molecule has 3 aromatic rings. The van der Waals surface area contributed by atoms with Gasteiger partial charge in [-0.15, -0.1) is 0 Å². The van der Waals surface area contributed by atoms with Crippen LogP contribution in [0.25, 0.3) is 16.8 Å². The lowest BCUT2D eigenvalue weighted by Gasteiger charge is -2.25. The van der Waals surface area contributed by atoms with E-state index in [1.54, 1.807) is 0 Å². The fourth-order valence-electron chi connectivity index (χ4n) is 4.71. The van der Waals surface area contributed by atoms with Crippen LogP contribution < -0.4 is 4.74 Å². The van der Waals surface area contributed by atoms with Crippen LogP contribution in [0.3, 0.4) is 0 Å². The molecular formula is C28H26ClNO3S. The number of thioether (sulfide) groups is 1. The van der Waals surface area contributed by atoms with Gasteiger partial charge in [-0.1, -0.05) is 73.3 Å². The number of nitrogens with zero attached hydrogens (tertiary/aromatic N) is 1. The van der Waals surface area contributed by atoms with Gasteiger partial charge >= 0.3 is 0 Å². The molecule has 0 radical (unpaired) electrons. The van der Waals surface area contributed by atoms with Crippen LogP contribution in [0.4, 0.5) is 4.79 Å². The summed E-state index contributed by atoms with van der Waals surface area (Å²) in [5.74, 6) is 0.891. The lowest BCUT2D eigenvalue weighted by atomic mass is 9.89. The molecule has 2 aliphatic rings. The van der Waals surface area contributed by atoms with Crippen molar-refractivity contribution in [2.75, 3.05) is 6.54 Å². The van der Waals surface area contributed by atoms with Crippen molar-refractivity contribution < 1.29 is 14.3 Å². The van der Waals surface area contributed by atoms with E-state index in [0.717, 1.165) is 46.5 Å². The third-order valence-corrected chi connectivity index (χ3v) is 7.71. The zero-order valence-corrected chi connectivity index (χ0v) is 20.4. The number of imide groups is 1. The third-order valence-electron chi connectivity index (χ3n) is 6.55. The van der Waals surface area contributed by atoms with Gasteiger partial charge < -0.3 is 4.74 Å². The largest absolute Gasteiger partial charge is 0.488 e. The van der Waals surface area contributed by atoms with Gasteiger partial charge in [0.05, 0.1) is 4.91 Å². The number of halogens is 1. The van der Waals surface area contributed by atoms with Crippen LogP contribution in [0, 0.1) is 5.92 Å². The molecule has 2 fully saturated rings. The van der Waals surface area contributed by atoms with E-state index in [4.69, 9.17) is 16.3 Å². The number of carbonyl (C=O) groups excluding carboxylic acids is 2. The van der Waals surface area contributed by atoms with Gasteiger partial charge in [0.25, 0.3) is 11.1 Å². The summed E-state index contributed by atoms with van der Waals surface area (Å²) in [6.07, 6.45) is 7.62. The second kappa shape index (κ2) is 10.2. The van der Waals surface area contributed by atoms with Crippen molar-refractivity contribution in [3.63, 3.8) is 0 Å². The fraction of sp³-hybridized carbons (Fsp3) is 0.286. The van der Waals surface area contributed by atoms with Crippen molar-refractivity contribution >= 4 is 51.4 Å². The maximum absolute atomic E-state index is 13.2. The number of amides is 2. The Hall–Kier alpha value is -2.76. The topological polar surface area (TPSA) is 46.6 Å². The number of benzene rings is 3. The van der Waals surface area contributed by atoms with Crippen LogP contribution >= 0.6 is 23.4 Å². The number of carbonyl (C=O) groups is 2. The van der Waals surface area contributed by atoms with Gasteiger partial charge in [0.1, 0.15) is 12.4 Å². The van der Waals surface area contributed by atoms with Crippen molar-refractivity contribution in [1.29, 1.82) is 0 Å². The van der Waals surface area contributed by atoms with Crippen LogP contribution in [-0.2, 0) is 11.4 Å². The third kappa shape index (κ3) is 5.01. The van der Waals surface area contributed by atoms with Crippen molar-refractivity contribution in [1.82, 2.24) is 4.90 Å². The zero-order chi connectivity index (χ0) is 23.5. The fourth-order valence-corrected chi connectivity index (χ4v) is 5.66. The van der Waals surface area contributed by atoms with Gasteiger partial charge in [0.15, 0.2) is 0 Å². The van der Waals surface area contributed by atoms with Crippen LogP contribution in [0.2, 0.25) is 5.02 Å². The first-order chi connectivity index (χ1) is 16.6. The molecule has 4 nitrogen and oxygen atoms in total. The number of ether oxygens (including phenoxy) is 1. The highest BCUT2D eigenvalue weighted by Gasteiger charge is 2.36. The Labute approximate surface area is 208 Å². The first-order valence-electron chi connectivity index (χ1n) is 11.7. The van der Waals surface area contributed by atoms with Crippen LogP contribution in [-0.4, -0.2) is 22.6 Å². The minimum Gasteiger partial charge on any atom is -0.488 e. The summed E-state index contributed by atoms with van der Waals surface area (Å²) in [5, 5.41) is 2.54. The van der Waals surface area contributed by atoms with Crippen molar-refractivity contribution in [3.8, 4) is 5.75 Å². The molecule has 2 amide bonds. The van der Waals surface area contributed by atoms with Crippen LogP contribution in [0.15, 0.2) is 65.6 Å². The summed E-state index contributed by atoms with van der Waals surface area (Å²) in [6, 6.07) is 19.5. The molecule has 1 aliphatic heterocycles. The summed E-state index contributed by atoms with van der Waals surface area (Å²) in [7, 11) is 0. The number of hydrogen-bond donors (Lipinski definition) is 0. The van der Waals surface area contributed by atoms with E-state index < -0.39 is 0 Å². The smallest absolute Gasteiger partial charge is 0.293 e. The second-order valence-corrected chi connectivity index (χ2v) is 10.3. The number of rotatable bonds is 6. The Balaban J connectivity index is 1.44. The number of fused-ring (bicyclic) bond motifs is 1. The highest BCUT2D eigenvalue weighted by molar-refractivity contribution is 8.18. The summed E-state index contributed by atoms with van der Waals surface area (Å²) in [6.45, 7) is 0.900. The summed E-state index contributed by atoms with van der Waals surface area (Å²) in [5.41, 5.74) is 1.81. The van der Waals surface area contributed by atoms with Crippen molar-refractivity contribution in [2.45, 2.75) is 38.7 Å². The van der Waals surface area contributed by atoms with Gasteiger partial charge in [-0.05, 0) is 71.1 Å². The summed E-state index contributed by atoms with van der Waals surface area (Å²) < 4.78 is 6.19. The molecule has 1 saturated heterocycles. The highest BCUT2D eigenvalue weighted by Crippen LogP contribution is 2.38. The predicted octanol–water partition coefficient (Wildman–Crippen LogP) is 7.69. The standard InChI is InChI=1S/C28H26ClNO3S/c29-22-13-10-20(11-14-22)18-33-25-15-12-21-8-4-5-9-23(21)24(25)16-26-27(31)30(28(32)34-26)17-19-6-2-1-3-7-19/h4-5,8-16,19H,1-3,6-7,17-18H2/b26-16+. The van der Waals surface area contributed by atoms with E-state index in [1.807, 2.05) is 66.7 Å². The molecule has 1 aliphatic carbocycles. The van der Waals surface area contributed by atoms with Crippen molar-refractivity contribution in [3.05, 3.63) is 81.7 Å². The normalized spacial score (nSPS) is 18.3. The molecule has 0 bridgehead atoms. The van der Waals surface area contributed by atoms with Gasteiger partial charge in [-0.3, -0.25) is 14.5 Å². The van der Waals surface area contributed by atoms with Crippen LogP contribution in [0.5, 0.6) is 5.75 Å². The maximum Gasteiger partial charge on any atom is 0.293 e. The SMILES string of the molecule is O=C1S/C(=C/c2c(OCc3ccc(Cl)cc3)ccc3ccccc23)C(=O)N1CC1CCCCC1. The van der Waals surface area contributed by atoms with E-state index in [-0.39, 0.29) is 11.1 Å². The molecule has 1 saturated carbocycles. The zero-order valence-electron chi connectivity index (χ0n) is 18.8. The Morgan fingerprint density at radius 3 is 2.53 bits per heavy atom. The lowest BCUT2D eigenvalue weighted by Crippen LogP contribution is -2.34. The molecule has 3 aromatic carbocycles. The quantitative estimate of drug-likeness (QED) is 0.331. The molecule has 0 atom stereocenters. The summed E-state index contributed by atoms with van der Waals surface area (Å²) >= 11 is 7.03. The monoisotopic (exact) mass is 491 g/mol.